The lowest BCUT2D eigenvalue weighted by Gasteiger charge is -2.07. The Morgan fingerprint density at radius 1 is 0.565 bits per heavy atom. The van der Waals surface area contributed by atoms with Gasteiger partial charge in [0.1, 0.15) is 0 Å². The fourth-order valence-electron chi connectivity index (χ4n) is 2.28. The molecule has 5 nitrogen and oxygen atoms in total. The van der Waals surface area contributed by atoms with Crippen LogP contribution in [0.15, 0.2) is 0 Å². The fourth-order valence-corrected chi connectivity index (χ4v) is 4.89. The molecule has 0 unspecified atom stereocenters. The van der Waals surface area contributed by atoms with Crippen molar-refractivity contribution >= 4 is 19.7 Å². The lowest BCUT2D eigenvalue weighted by atomic mass is 10.2. The van der Waals surface area contributed by atoms with E-state index in [9.17, 15) is 16.8 Å². The van der Waals surface area contributed by atoms with E-state index < -0.39 is 19.7 Å². The van der Waals surface area contributed by atoms with E-state index in [4.69, 9.17) is 0 Å². The Kier molecular flexibility index (Phi) is 13.1. The zero-order valence-corrected chi connectivity index (χ0v) is 16.5. The van der Waals surface area contributed by atoms with E-state index >= 15 is 0 Å². The molecule has 0 radical (unpaired) electrons. The summed E-state index contributed by atoms with van der Waals surface area (Å²) in [6.45, 7) is 4.86. The molecule has 0 amide bonds. The first-order chi connectivity index (χ1) is 10.8. The monoisotopic (exact) mass is 369 g/mol. The van der Waals surface area contributed by atoms with Gasteiger partial charge in [-0.15, -0.1) is 0 Å². The van der Waals surface area contributed by atoms with Crippen LogP contribution >= 0.6 is 0 Å². The summed E-state index contributed by atoms with van der Waals surface area (Å²) in [7, 11) is -6.02. The van der Waals surface area contributed by atoms with Crippen molar-refractivity contribution in [2.75, 3.05) is 36.1 Å². The molecular formula is C16H35NO4S2. The Bertz CT molecular complexity index is 428. The maximum Gasteiger partial charge on any atom is 0.151 e. The zero-order chi connectivity index (χ0) is 17.6. The van der Waals surface area contributed by atoms with E-state index in [2.05, 4.69) is 19.2 Å². The Morgan fingerprint density at radius 3 is 1.30 bits per heavy atom. The van der Waals surface area contributed by atoms with Crippen LogP contribution in [0.4, 0.5) is 0 Å². The maximum absolute atomic E-state index is 11.8. The zero-order valence-electron chi connectivity index (χ0n) is 14.8. The molecule has 1 N–H and O–H groups in total. The second-order valence-electron chi connectivity index (χ2n) is 6.17. The summed E-state index contributed by atoms with van der Waals surface area (Å²) in [5.41, 5.74) is 0. The molecule has 0 aliphatic rings. The highest BCUT2D eigenvalue weighted by molar-refractivity contribution is 7.91. The molecule has 0 aliphatic heterocycles. The number of sulfone groups is 2. The van der Waals surface area contributed by atoms with Crippen molar-refractivity contribution in [2.24, 2.45) is 0 Å². The second kappa shape index (κ2) is 13.2. The van der Waals surface area contributed by atoms with E-state index in [1.54, 1.807) is 0 Å². The van der Waals surface area contributed by atoms with Crippen LogP contribution < -0.4 is 5.32 Å². The number of hydrogen-bond acceptors (Lipinski definition) is 5. The first-order valence-electron chi connectivity index (χ1n) is 8.94. The van der Waals surface area contributed by atoms with E-state index in [-0.39, 0.29) is 23.0 Å². The van der Waals surface area contributed by atoms with Crippen molar-refractivity contribution in [3.63, 3.8) is 0 Å². The van der Waals surface area contributed by atoms with Gasteiger partial charge in [-0.1, -0.05) is 52.4 Å². The van der Waals surface area contributed by atoms with Crippen LogP contribution in [-0.4, -0.2) is 52.9 Å². The average molecular weight is 370 g/mol. The van der Waals surface area contributed by atoms with Crippen molar-refractivity contribution in [1.29, 1.82) is 0 Å². The second-order valence-corrected chi connectivity index (χ2v) is 10.8. The lowest BCUT2D eigenvalue weighted by Crippen LogP contribution is -2.29. The van der Waals surface area contributed by atoms with Gasteiger partial charge in [0.25, 0.3) is 0 Å². The van der Waals surface area contributed by atoms with Gasteiger partial charge in [-0.05, 0) is 12.8 Å². The molecule has 0 bridgehead atoms. The smallest absolute Gasteiger partial charge is 0.151 e. The third-order valence-electron chi connectivity index (χ3n) is 3.80. The maximum atomic E-state index is 11.8. The van der Waals surface area contributed by atoms with Crippen molar-refractivity contribution in [2.45, 2.75) is 65.2 Å². The Labute approximate surface area is 143 Å². The summed E-state index contributed by atoms with van der Waals surface area (Å²) in [5.74, 6) is 0.667. The summed E-state index contributed by atoms with van der Waals surface area (Å²) < 4.78 is 47.2. The molecule has 0 saturated carbocycles. The molecule has 0 fully saturated rings. The standard InChI is InChI=1S/C16H35NO4S2/c1-3-5-7-9-13-22(18,19)15-11-17-12-16-23(20,21)14-10-8-6-4-2/h17H,3-16H2,1-2H3. The highest BCUT2D eigenvalue weighted by Crippen LogP contribution is 2.03. The van der Waals surface area contributed by atoms with Crippen LogP contribution in [-0.2, 0) is 19.7 Å². The van der Waals surface area contributed by atoms with Crippen molar-refractivity contribution < 1.29 is 16.8 Å². The minimum absolute atomic E-state index is 0.0929. The van der Waals surface area contributed by atoms with Crippen LogP contribution in [0.2, 0.25) is 0 Å². The molecule has 7 heteroatoms. The highest BCUT2D eigenvalue weighted by atomic mass is 32.2. The number of hydrogen-bond donors (Lipinski definition) is 1. The van der Waals surface area contributed by atoms with Gasteiger partial charge in [-0.3, -0.25) is 0 Å². The Hall–Kier alpha value is -0.140. The van der Waals surface area contributed by atoms with Crippen LogP contribution in [0.1, 0.15) is 65.2 Å². The summed E-state index contributed by atoms with van der Waals surface area (Å²) in [6.07, 6.45) is 7.69. The quantitative estimate of drug-likeness (QED) is 0.423. The van der Waals surface area contributed by atoms with Gasteiger partial charge in [0.05, 0.1) is 23.0 Å². The third kappa shape index (κ3) is 15.1. The molecule has 0 aliphatic carbocycles. The molecule has 0 aromatic heterocycles. The molecule has 140 valence electrons. The number of rotatable bonds is 16. The normalized spacial score (nSPS) is 12.6. The van der Waals surface area contributed by atoms with Gasteiger partial charge in [0.2, 0.25) is 0 Å². The topological polar surface area (TPSA) is 80.3 Å². The van der Waals surface area contributed by atoms with Crippen molar-refractivity contribution in [1.82, 2.24) is 5.32 Å². The predicted molar refractivity (Wildman–Crippen MR) is 98.5 cm³/mol. The third-order valence-corrected chi connectivity index (χ3v) is 7.27. The lowest BCUT2D eigenvalue weighted by molar-refractivity contribution is 0.581. The SMILES string of the molecule is CCCCCCS(=O)(=O)CCNCCS(=O)(=O)CCCCCC. The number of unbranched alkanes of at least 4 members (excludes halogenated alkanes) is 6. The molecule has 0 heterocycles. The van der Waals surface area contributed by atoms with E-state index in [0.29, 0.717) is 13.1 Å². The minimum Gasteiger partial charge on any atom is -0.315 e. The van der Waals surface area contributed by atoms with Gasteiger partial charge < -0.3 is 5.32 Å². The molecule has 0 rings (SSSR count). The van der Waals surface area contributed by atoms with Gasteiger partial charge in [-0.2, -0.15) is 0 Å². The summed E-state index contributed by atoms with van der Waals surface area (Å²) in [4.78, 5) is 0. The summed E-state index contributed by atoms with van der Waals surface area (Å²) in [5, 5.41) is 2.94. The fraction of sp³-hybridized carbons (Fsp3) is 1.00. The average Bonchev–Trinajstić information content (AvgIpc) is 2.48. The summed E-state index contributed by atoms with van der Waals surface area (Å²) >= 11 is 0. The number of nitrogens with one attached hydrogen (secondary N) is 1. The molecule has 0 spiro atoms. The van der Waals surface area contributed by atoms with Crippen LogP contribution in [0, 0.1) is 0 Å². The van der Waals surface area contributed by atoms with E-state index in [1.165, 1.54) is 0 Å². The molecular weight excluding hydrogens is 334 g/mol. The molecule has 0 saturated heterocycles. The first-order valence-corrected chi connectivity index (χ1v) is 12.6. The van der Waals surface area contributed by atoms with E-state index in [1.807, 2.05) is 0 Å². The molecule has 23 heavy (non-hydrogen) atoms. The Morgan fingerprint density at radius 2 is 0.957 bits per heavy atom. The molecule has 0 atom stereocenters. The van der Waals surface area contributed by atoms with Crippen molar-refractivity contribution in [3.8, 4) is 0 Å². The molecule has 0 aromatic rings. The predicted octanol–water partition coefficient (Wildman–Crippen LogP) is 2.57. The largest absolute Gasteiger partial charge is 0.315 e. The highest BCUT2D eigenvalue weighted by Gasteiger charge is 2.12. The van der Waals surface area contributed by atoms with Crippen LogP contribution in [0.3, 0.4) is 0 Å². The van der Waals surface area contributed by atoms with Gasteiger partial charge >= 0.3 is 0 Å². The van der Waals surface area contributed by atoms with Gasteiger partial charge in [-0.25, -0.2) is 16.8 Å². The molecule has 0 aromatic carbocycles. The first kappa shape index (κ1) is 22.9. The summed E-state index contributed by atoms with van der Waals surface area (Å²) in [6, 6.07) is 0. The van der Waals surface area contributed by atoms with E-state index in [0.717, 1.165) is 51.4 Å². The minimum atomic E-state index is -3.01. The van der Waals surface area contributed by atoms with Crippen LogP contribution in [0.5, 0.6) is 0 Å². The van der Waals surface area contributed by atoms with Crippen molar-refractivity contribution in [3.05, 3.63) is 0 Å². The Balaban J connectivity index is 3.74. The van der Waals surface area contributed by atoms with Crippen LogP contribution in [0.25, 0.3) is 0 Å². The van der Waals surface area contributed by atoms with Gasteiger partial charge in [0.15, 0.2) is 19.7 Å². The van der Waals surface area contributed by atoms with Gasteiger partial charge in [0, 0.05) is 13.1 Å².